The molecule has 0 saturated carbocycles. The summed E-state index contributed by atoms with van der Waals surface area (Å²) < 4.78 is 6.32. The standard InChI is InChI=1S/C15H26OSi/c1-6-17(7-2,8-3)16-15-11-9-14(10-12-15)13(4)5/h9-13H,6-8H2,1-5H3. The van der Waals surface area contributed by atoms with Crippen molar-refractivity contribution in [1.29, 1.82) is 0 Å². The van der Waals surface area contributed by atoms with Gasteiger partial charge in [0.15, 0.2) is 0 Å². The van der Waals surface area contributed by atoms with Crippen molar-refractivity contribution >= 4 is 8.32 Å². The van der Waals surface area contributed by atoms with Crippen LogP contribution in [-0.4, -0.2) is 8.32 Å². The van der Waals surface area contributed by atoms with Crippen LogP contribution in [0.5, 0.6) is 5.75 Å². The van der Waals surface area contributed by atoms with E-state index >= 15 is 0 Å². The SMILES string of the molecule is CC[Si](CC)(CC)Oc1ccc(C(C)C)cc1. The highest BCUT2D eigenvalue weighted by Gasteiger charge is 2.30. The summed E-state index contributed by atoms with van der Waals surface area (Å²) in [6.07, 6.45) is 0. The largest absolute Gasteiger partial charge is 0.544 e. The van der Waals surface area contributed by atoms with Crippen LogP contribution in [0.2, 0.25) is 18.1 Å². The van der Waals surface area contributed by atoms with Gasteiger partial charge in [0.2, 0.25) is 8.32 Å². The van der Waals surface area contributed by atoms with E-state index in [1.807, 2.05) is 0 Å². The van der Waals surface area contributed by atoms with Crippen LogP contribution < -0.4 is 4.43 Å². The Bertz CT molecular complexity index is 317. The molecule has 0 heterocycles. The molecule has 1 aromatic carbocycles. The van der Waals surface area contributed by atoms with E-state index in [1.165, 1.54) is 23.7 Å². The van der Waals surface area contributed by atoms with Crippen LogP contribution in [0.1, 0.15) is 46.1 Å². The second kappa shape index (κ2) is 6.25. The maximum Gasteiger partial charge on any atom is 0.250 e. The third kappa shape index (κ3) is 3.60. The minimum atomic E-state index is -1.50. The molecule has 0 fully saturated rings. The first-order valence-corrected chi connectivity index (χ1v) is 9.38. The van der Waals surface area contributed by atoms with E-state index in [-0.39, 0.29) is 0 Å². The zero-order valence-electron chi connectivity index (χ0n) is 11.9. The van der Waals surface area contributed by atoms with Gasteiger partial charge in [-0.25, -0.2) is 0 Å². The van der Waals surface area contributed by atoms with Crippen molar-refractivity contribution in [3.05, 3.63) is 29.8 Å². The summed E-state index contributed by atoms with van der Waals surface area (Å²) in [4.78, 5) is 0. The molecule has 1 aromatic rings. The summed E-state index contributed by atoms with van der Waals surface area (Å²) in [6.45, 7) is 11.2. The fourth-order valence-electron chi connectivity index (χ4n) is 2.14. The van der Waals surface area contributed by atoms with Crippen molar-refractivity contribution in [3.63, 3.8) is 0 Å². The highest BCUT2D eigenvalue weighted by Crippen LogP contribution is 2.26. The Balaban J connectivity index is 2.80. The number of rotatable bonds is 6. The van der Waals surface area contributed by atoms with Gasteiger partial charge in [-0.15, -0.1) is 0 Å². The first-order chi connectivity index (χ1) is 8.06. The van der Waals surface area contributed by atoms with Gasteiger partial charge in [-0.3, -0.25) is 0 Å². The van der Waals surface area contributed by atoms with Crippen molar-refractivity contribution in [3.8, 4) is 5.75 Å². The Morgan fingerprint density at radius 2 is 1.41 bits per heavy atom. The van der Waals surface area contributed by atoms with Gasteiger partial charge in [0, 0.05) is 0 Å². The molecule has 17 heavy (non-hydrogen) atoms. The monoisotopic (exact) mass is 250 g/mol. The third-order valence-electron chi connectivity index (χ3n) is 3.81. The molecule has 0 spiro atoms. The van der Waals surface area contributed by atoms with Crippen molar-refractivity contribution in [2.45, 2.75) is 58.7 Å². The average molecular weight is 250 g/mol. The first-order valence-electron chi connectivity index (χ1n) is 6.85. The van der Waals surface area contributed by atoms with Crippen molar-refractivity contribution in [2.75, 3.05) is 0 Å². The van der Waals surface area contributed by atoms with E-state index in [2.05, 4.69) is 58.9 Å². The summed E-state index contributed by atoms with van der Waals surface area (Å²) in [5, 5.41) is 0. The van der Waals surface area contributed by atoms with Crippen LogP contribution >= 0.6 is 0 Å². The van der Waals surface area contributed by atoms with Crippen molar-refractivity contribution < 1.29 is 4.43 Å². The fraction of sp³-hybridized carbons (Fsp3) is 0.600. The summed E-state index contributed by atoms with van der Waals surface area (Å²) in [7, 11) is -1.50. The summed E-state index contributed by atoms with van der Waals surface area (Å²) >= 11 is 0. The highest BCUT2D eigenvalue weighted by atomic mass is 28.4. The normalized spacial score (nSPS) is 11.9. The van der Waals surface area contributed by atoms with E-state index in [0.29, 0.717) is 5.92 Å². The Hall–Kier alpha value is -0.763. The molecule has 0 atom stereocenters. The molecule has 0 aliphatic carbocycles. The Morgan fingerprint density at radius 1 is 0.941 bits per heavy atom. The molecular weight excluding hydrogens is 224 g/mol. The van der Waals surface area contributed by atoms with Crippen LogP contribution in [0.3, 0.4) is 0 Å². The molecule has 0 saturated heterocycles. The molecule has 0 unspecified atom stereocenters. The summed E-state index contributed by atoms with van der Waals surface area (Å²) in [5.41, 5.74) is 1.38. The average Bonchev–Trinajstić information content (AvgIpc) is 2.37. The molecule has 2 heteroatoms. The van der Waals surface area contributed by atoms with E-state index in [9.17, 15) is 0 Å². The minimum absolute atomic E-state index is 0.592. The Labute approximate surface area is 107 Å². The van der Waals surface area contributed by atoms with Crippen LogP contribution in [0.25, 0.3) is 0 Å². The molecule has 1 rings (SSSR count). The molecule has 0 aliphatic heterocycles. The molecule has 0 N–H and O–H groups in total. The molecule has 0 bridgehead atoms. The molecule has 0 radical (unpaired) electrons. The number of hydrogen-bond acceptors (Lipinski definition) is 1. The number of benzene rings is 1. The van der Waals surface area contributed by atoms with Gasteiger partial charge in [-0.1, -0.05) is 46.8 Å². The summed E-state index contributed by atoms with van der Waals surface area (Å²) in [6, 6.07) is 12.3. The molecular formula is C15H26OSi. The van der Waals surface area contributed by atoms with Crippen LogP contribution in [0.15, 0.2) is 24.3 Å². The van der Waals surface area contributed by atoms with E-state index in [0.717, 1.165) is 5.75 Å². The second-order valence-corrected chi connectivity index (χ2v) is 9.76. The van der Waals surface area contributed by atoms with Gasteiger partial charge in [0.25, 0.3) is 0 Å². The highest BCUT2D eigenvalue weighted by molar-refractivity contribution is 6.74. The molecule has 1 nitrogen and oxygen atoms in total. The second-order valence-electron chi connectivity index (χ2n) is 5.07. The van der Waals surface area contributed by atoms with Gasteiger partial charge >= 0.3 is 0 Å². The van der Waals surface area contributed by atoms with Gasteiger partial charge in [-0.05, 0) is 41.7 Å². The van der Waals surface area contributed by atoms with Crippen molar-refractivity contribution in [2.24, 2.45) is 0 Å². The molecule has 0 aliphatic rings. The predicted octanol–water partition coefficient (Wildman–Crippen LogP) is 5.19. The molecule has 0 aromatic heterocycles. The van der Waals surface area contributed by atoms with Crippen LogP contribution in [0, 0.1) is 0 Å². The van der Waals surface area contributed by atoms with Gasteiger partial charge in [-0.2, -0.15) is 0 Å². The lowest BCUT2D eigenvalue weighted by Crippen LogP contribution is -2.39. The number of hydrogen-bond donors (Lipinski definition) is 0. The third-order valence-corrected chi connectivity index (χ3v) is 8.35. The maximum absolute atomic E-state index is 6.32. The van der Waals surface area contributed by atoms with E-state index in [4.69, 9.17) is 4.43 Å². The topological polar surface area (TPSA) is 9.23 Å². The molecule has 0 amide bonds. The lowest BCUT2D eigenvalue weighted by Gasteiger charge is -2.29. The van der Waals surface area contributed by atoms with E-state index in [1.54, 1.807) is 0 Å². The zero-order chi connectivity index (χ0) is 12.9. The fourth-order valence-corrected chi connectivity index (χ4v) is 4.71. The minimum Gasteiger partial charge on any atom is -0.544 e. The molecule has 96 valence electrons. The van der Waals surface area contributed by atoms with E-state index < -0.39 is 8.32 Å². The smallest absolute Gasteiger partial charge is 0.250 e. The van der Waals surface area contributed by atoms with Gasteiger partial charge < -0.3 is 4.43 Å². The quantitative estimate of drug-likeness (QED) is 0.631. The van der Waals surface area contributed by atoms with Gasteiger partial charge in [0.05, 0.1) is 0 Å². The lowest BCUT2D eigenvalue weighted by molar-refractivity contribution is 0.531. The van der Waals surface area contributed by atoms with Gasteiger partial charge in [0.1, 0.15) is 5.75 Å². The first kappa shape index (κ1) is 14.3. The Kier molecular flexibility index (Phi) is 5.25. The zero-order valence-corrected chi connectivity index (χ0v) is 12.9. The predicted molar refractivity (Wildman–Crippen MR) is 78.4 cm³/mol. The Morgan fingerprint density at radius 3 is 1.76 bits per heavy atom. The van der Waals surface area contributed by atoms with Crippen LogP contribution in [-0.2, 0) is 0 Å². The maximum atomic E-state index is 6.32. The lowest BCUT2D eigenvalue weighted by atomic mass is 10.0. The summed E-state index contributed by atoms with van der Waals surface area (Å²) in [5.74, 6) is 1.65. The van der Waals surface area contributed by atoms with Crippen LogP contribution in [0.4, 0.5) is 0 Å². The van der Waals surface area contributed by atoms with Crippen molar-refractivity contribution in [1.82, 2.24) is 0 Å².